The van der Waals surface area contributed by atoms with E-state index in [1.54, 1.807) is 0 Å². The highest BCUT2D eigenvalue weighted by Crippen LogP contribution is 2.06. The van der Waals surface area contributed by atoms with Crippen molar-refractivity contribution in [3.63, 3.8) is 0 Å². The molecule has 5 nitrogen and oxygen atoms in total. The first kappa shape index (κ1) is 60.6. The molecule has 0 radical (unpaired) electrons. The molecule has 5 heteroatoms. The normalized spacial score (nSPS) is 9.42. The molecule has 0 aliphatic carbocycles. The number of allylic oxidation sites excluding steroid dienone is 4. The maximum Gasteiger partial charge on any atom is 0.242 e. The summed E-state index contributed by atoms with van der Waals surface area (Å²) in [6, 6.07) is -0.464. The predicted molar refractivity (Wildman–Crippen MR) is 203 cm³/mol. The van der Waals surface area contributed by atoms with Gasteiger partial charge in [-0.25, -0.2) is 0 Å². The Morgan fingerprint density at radius 3 is 1.44 bits per heavy atom. The molecule has 266 valence electrons. The molecule has 0 aliphatic rings. The highest BCUT2D eigenvalue weighted by atomic mass is 16.2. The Hall–Kier alpha value is -1.62. The largest absolute Gasteiger partial charge is 0.354 e. The molecule has 0 aromatic rings. The summed E-state index contributed by atoms with van der Waals surface area (Å²) >= 11 is 0. The van der Waals surface area contributed by atoms with Crippen LogP contribution in [-0.4, -0.2) is 30.9 Å². The van der Waals surface area contributed by atoms with Crippen molar-refractivity contribution in [3.8, 4) is 0 Å². The average molecular weight is 618 g/mol. The fourth-order valence-electron chi connectivity index (χ4n) is 3.11. The van der Waals surface area contributed by atoms with Crippen LogP contribution in [0.1, 0.15) is 194 Å². The molecule has 0 saturated carbocycles. The lowest BCUT2D eigenvalue weighted by atomic mass is 10.1. The van der Waals surface area contributed by atoms with Crippen LogP contribution in [-0.2, 0) is 9.59 Å². The molecule has 43 heavy (non-hydrogen) atoms. The molecule has 0 saturated heterocycles. The summed E-state index contributed by atoms with van der Waals surface area (Å²) in [6.07, 6.45) is 23.6. The van der Waals surface area contributed by atoms with Crippen LogP contribution >= 0.6 is 0 Å². The number of hydrogen-bond acceptors (Lipinski definition) is 3. The smallest absolute Gasteiger partial charge is 0.242 e. The Labute approximate surface area is 275 Å². The highest BCUT2D eigenvalue weighted by molar-refractivity contribution is 5.86. The molecule has 0 aromatic carbocycles. The van der Waals surface area contributed by atoms with Crippen LogP contribution in [0.2, 0.25) is 0 Å². The first-order valence-corrected chi connectivity index (χ1v) is 18.7. The van der Waals surface area contributed by atoms with E-state index in [0.29, 0.717) is 19.5 Å². The number of nitrogens with two attached hydrogens (primary N) is 1. The third-order valence-corrected chi connectivity index (χ3v) is 4.82. The summed E-state index contributed by atoms with van der Waals surface area (Å²) in [5.41, 5.74) is 5.50. The van der Waals surface area contributed by atoms with Gasteiger partial charge in [-0.2, -0.15) is 0 Å². The Morgan fingerprint density at radius 1 is 0.605 bits per heavy atom. The van der Waals surface area contributed by atoms with E-state index in [-0.39, 0.29) is 11.8 Å². The molecule has 2 amide bonds. The Bertz CT molecular complexity index is 464. The molecule has 0 aromatic heterocycles. The van der Waals surface area contributed by atoms with Crippen molar-refractivity contribution >= 4 is 11.8 Å². The van der Waals surface area contributed by atoms with Gasteiger partial charge in [-0.3, -0.25) is 9.59 Å². The molecule has 0 spiro atoms. The molecule has 1 unspecified atom stereocenters. The lowest BCUT2D eigenvalue weighted by molar-refractivity contribution is -0.128. The van der Waals surface area contributed by atoms with Crippen LogP contribution < -0.4 is 16.4 Å². The maximum absolute atomic E-state index is 12.2. The van der Waals surface area contributed by atoms with Crippen LogP contribution in [0.4, 0.5) is 0 Å². The predicted octanol–water partition coefficient (Wildman–Crippen LogP) is 12.0. The van der Waals surface area contributed by atoms with Crippen molar-refractivity contribution < 1.29 is 9.59 Å². The molecular formula is C38H87N3O2. The number of amides is 2. The van der Waals surface area contributed by atoms with Gasteiger partial charge in [0.25, 0.3) is 0 Å². The topological polar surface area (TPSA) is 84.2 Å². The van der Waals surface area contributed by atoms with Gasteiger partial charge >= 0.3 is 0 Å². The number of carbonyl (C=O) groups excluding carboxylic acids is 2. The minimum Gasteiger partial charge on any atom is -0.354 e. The third-order valence-electron chi connectivity index (χ3n) is 4.82. The monoisotopic (exact) mass is 618 g/mol. The molecule has 0 fully saturated rings. The second kappa shape index (κ2) is 77.7. The van der Waals surface area contributed by atoms with Gasteiger partial charge in [0, 0.05) is 13.5 Å². The number of unbranched alkanes of at least 4 members (excludes halogenated alkanes) is 8. The minimum atomic E-state index is -0.464. The molecule has 0 bridgehead atoms. The third kappa shape index (κ3) is 73.9. The van der Waals surface area contributed by atoms with E-state index in [2.05, 4.69) is 41.9 Å². The SMILES string of the molecule is CC.CC.CC.CC.CC.CC.CC.CCCCC/C=C\C/C=C\CCCCCCCNC(=O)C(CCCN)NC(C)=O. The van der Waals surface area contributed by atoms with Crippen molar-refractivity contribution in [2.45, 2.75) is 200 Å². The molecule has 0 heterocycles. The van der Waals surface area contributed by atoms with E-state index in [4.69, 9.17) is 5.73 Å². The zero-order valence-electron chi connectivity index (χ0n) is 32.9. The highest BCUT2D eigenvalue weighted by Gasteiger charge is 2.17. The molecule has 0 rings (SSSR count). The van der Waals surface area contributed by atoms with Gasteiger partial charge in [0.05, 0.1) is 0 Å². The quantitative estimate of drug-likeness (QED) is 0.0995. The first-order chi connectivity index (χ1) is 21.1. The number of rotatable bonds is 19. The van der Waals surface area contributed by atoms with E-state index in [1.807, 2.05) is 96.9 Å². The Kier molecular flexibility index (Phi) is 109. The zero-order chi connectivity index (χ0) is 35.6. The summed E-state index contributed by atoms with van der Waals surface area (Å²) in [4.78, 5) is 23.4. The van der Waals surface area contributed by atoms with E-state index in [9.17, 15) is 9.59 Å². The van der Waals surface area contributed by atoms with Gasteiger partial charge in [0.1, 0.15) is 6.04 Å². The fraction of sp³-hybridized carbons (Fsp3) is 0.842. The van der Waals surface area contributed by atoms with E-state index in [0.717, 1.165) is 32.1 Å². The van der Waals surface area contributed by atoms with Crippen LogP contribution in [0.15, 0.2) is 24.3 Å². The second-order valence-corrected chi connectivity index (χ2v) is 7.71. The summed E-state index contributed by atoms with van der Waals surface area (Å²) < 4.78 is 0. The van der Waals surface area contributed by atoms with Crippen molar-refractivity contribution in [1.29, 1.82) is 0 Å². The number of nitrogens with one attached hydrogen (secondary N) is 2. The van der Waals surface area contributed by atoms with Gasteiger partial charge < -0.3 is 16.4 Å². The maximum atomic E-state index is 12.2. The summed E-state index contributed by atoms with van der Waals surface area (Å²) in [7, 11) is 0. The van der Waals surface area contributed by atoms with E-state index in [1.165, 1.54) is 51.9 Å². The van der Waals surface area contributed by atoms with Gasteiger partial charge in [0.15, 0.2) is 0 Å². The van der Waals surface area contributed by atoms with Gasteiger partial charge in [-0.15, -0.1) is 0 Å². The summed E-state index contributed by atoms with van der Waals surface area (Å²) in [5.74, 6) is -0.280. The lowest BCUT2D eigenvalue weighted by Gasteiger charge is -2.17. The van der Waals surface area contributed by atoms with Crippen LogP contribution in [0.5, 0.6) is 0 Å². The van der Waals surface area contributed by atoms with Crippen molar-refractivity contribution in [1.82, 2.24) is 10.6 Å². The first-order valence-electron chi connectivity index (χ1n) is 18.7. The van der Waals surface area contributed by atoms with Gasteiger partial charge in [0.2, 0.25) is 11.8 Å². The average Bonchev–Trinajstić information content (AvgIpc) is 3.09. The lowest BCUT2D eigenvalue weighted by Crippen LogP contribution is -2.46. The zero-order valence-corrected chi connectivity index (χ0v) is 32.9. The number of carbonyl (C=O) groups is 2. The van der Waals surface area contributed by atoms with E-state index < -0.39 is 6.04 Å². The van der Waals surface area contributed by atoms with Crippen molar-refractivity contribution in [2.75, 3.05) is 13.1 Å². The standard InChI is InChI=1S/C24H45N3O2.7C2H6/c1-3-4-5-6-7-8-9-10-11-12-13-14-15-16-17-21-26-24(29)23(19-18-20-25)27-22(2)28;7*1-2/h7-8,10-11,23H,3-6,9,12-21,25H2,1-2H3,(H,26,29)(H,27,28);7*1-2H3/b8-7-,11-10-;;;;;;;. The molecular weight excluding hydrogens is 530 g/mol. The second-order valence-electron chi connectivity index (χ2n) is 7.71. The minimum absolute atomic E-state index is 0.0989. The van der Waals surface area contributed by atoms with E-state index >= 15 is 0 Å². The fourth-order valence-corrected chi connectivity index (χ4v) is 3.11. The van der Waals surface area contributed by atoms with Gasteiger partial charge in [-0.05, 0) is 57.9 Å². The molecule has 1 atom stereocenters. The van der Waals surface area contributed by atoms with Crippen molar-refractivity contribution in [2.24, 2.45) is 5.73 Å². The van der Waals surface area contributed by atoms with Crippen LogP contribution in [0.3, 0.4) is 0 Å². The van der Waals surface area contributed by atoms with Crippen molar-refractivity contribution in [3.05, 3.63) is 24.3 Å². The van der Waals surface area contributed by atoms with Gasteiger partial charge in [-0.1, -0.05) is 160 Å². The molecule has 4 N–H and O–H groups in total. The molecule has 0 aliphatic heterocycles. The van der Waals surface area contributed by atoms with Crippen LogP contribution in [0, 0.1) is 0 Å². The number of hydrogen-bond donors (Lipinski definition) is 3. The Morgan fingerprint density at radius 2 is 1.02 bits per heavy atom. The Balaban J connectivity index is -0.000000127. The van der Waals surface area contributed by atoms with Crippen LogP contribution in [0.25, 0.3) is 0 Å². The summed E-state index contributed by atoms with van der Waals surface area (Å²) in [5, 5.41) is 5.63. The summed E-state index contributed by atoms with van der Waals surface area (Å²) in [6.45, 7) is 32.9.